The van der Waals surface area contributed by atoms with Gasteiger partial charge >= 0.3 is 6.03 Å². The lowest BCUT2D eigenvalue weighted by atomic mass is 10.0. The number of carbonyl (C=O) groups excluding carboxylic acids is 1. The Hall–Kier alpha value is -3.58. The summed E-state index contributed by atoms with van der Waals surface area (Å²) < 4.78 is 29.7. The van der Waals surface area contributed by atoms with Crippen molar-refractivity contribution in [2.45, 2.75) is 19.5 Å². The van der Waals surface area contributed by atoms with Gasteiger partial charge in [-0.3, -0.25) is 9.47 Å². The molecule has 2 aromatic heterocycles. The van der Waals surface area contributed by atoms with Crippen molar-refractivity contribution in [1.29, 1.82) is 5.26 Å². The number of benzene rings is 2. The zero-order chi connectivity index (χ0) is 26.8. The second kappa shape index (κ2) is 11.0. The molecule has 0 radical (unpaired) electrons. The molecule has 0 aliphatic carbocycles. The van der Waals surface area contributed by atoms with Gasteiger partial charge in [0.25, 0.3) is 0 Å². The Morgan fingerprint density at radius 3 is 2.84 bits per heavy atom. The lowest BCUT2D eigenvalue weighted by molar-refractivity contribution is 0.240. The minimum absolute atomic E-state index is 0.0836. The Bertz CT molecular complexity index is 1630. The second-order valence-electron chi connectivity index (χ2n) is 8.93. The minimum atomic E-state index is -0.525. The van der Waals surface area contributed by atoms with Crippen molar-refractivity contribution in [2.75, 3.05) is 13.1 Å². The highest BCUT2D eigenvalue weighted by atomic mass is 79.9. The molecule has 192 valence electrons. The number of nitrogens with one attached hydrogen (secondary N) is 1. The molecule has 1 aliphatic heterocycles. The summed E-state index contributed by atoms with van der Waals surface area (Å²) in [6.45, 7) is 2.04. The average Bonchev–Trinajstić information content (AvgIpc) is 3.23. The van der Waals surface area contributed by atoms with Gasteiger partial charge in [0.05, 0.1) is 21.6 Å². The Morgan fingerprint density at radius 2 is 2.05 bits per heavy atom. The van der Waals surface area contributed by atoms with Gasteiger partial charge in [-0.15, -0.1) is 0 Å². The number of hydrogen-bond acceptors (Lipinski definition) is 4. The van der Waals surface area contributed by atoms with Crippen LogP contribution in [0.1, 0.15) is 27.9 Å². The van der Waals surface area contributed by atoms with Gasteiger partial charge in [0.1, 0.15) is 16.8 Å². The lowest BCUT2D eigenvalue weighted by Gasteiger charge is -2.27. The third-order valence-electron chi connectivity index (χ3n) is 6.50. The van der Waals surface area contributed by atoms with E-state index in [1.54, 1.807) is 47.2 Å². The molecule has 38 heavy (non-hydrogen) atoms. The first-order chi connectivity index (χ1) is 18.3. The van der Waals surface area contributed by atoms with E-state index >= 15 is 0 Å². The number of nitrogens with zero attached hydrogens (tertiary/aromatic N) is 4. The Morgan fingerprint density at radius 1 is 1.21 bits per heavy atom. The van der Waals surface area contributed by atoms with Crippen molar-refractivity contribution in [3.05, 3.63) is 104 Å². The van der Waals surface area contributed by atoms with Crippen LogP contribution in [0.2, 0.25) is 5.15 Å². The summed E-state index contributed by atoms with van der Waals surface area (Å²) in [5, 5.41) is 13.6. The molecule has 0 bridgehead atoms. The summed E-state index contributed by atoms with van der Waals surface area (Å²) in [4.78, 5) is 19.5. The van der Waals surface area contributed by atoms with Gasteiger partial charge in [0, 0.05) is 55.4 Å². The van der Waals surface area contributed by atoms with Crippen molar-refractivity contribution >= 4 is 50.5 Å². The number of aromatic nitrogens is 2. The maximum Gasteiger partial charge on any atom is 0.326 e. The summed E-state index contributed by atoms with van der Waals surface area (Å²) in [6.07, 6.45) is 5.56. The van der Waals surface area contributed by atoms with E-state index in [4.69, 9.17) is 11.6 Å². The minimum Gasteiger partial charge on any atom is -0.333 e. The van der Waals surface area contributed by atoms with E-state index in [1.165, 1.54) is 0 Å². The predicted molar refractivity (Wildman–Crippen MR) is 146 cm³/mol. The van der Waals surface area contributed by atoms with Gasteiger partial charge in [-0.25, -0.2) is 18.6 Å². The summed E-state index contributed by atoms with van der Waals surface area (Å²) in [7, 11) is 0. The van der Waals surface area contributed by atoms with E-state index in [2.05, 4.69) is 37.2 Å². The second-order valence-corrected chi connectivity index (χ2v) is 10.2. The van der Waals surface area contributed by atoms with Crippen molar-refractivity contribution < 1.29 is 13.6 Å². The molecule has 1 aliphatic rings. The SMILES string of the molecule is N#Cc1ccc2c3c(n(C(=O)NCc4ccnc(Cl)c4)c2c1)CCN(C/C=C/c1cc(F)c(Br)cc1F)C3. The van der Waals surface area contributed by atoms with Crippen LogP contribution in [-0.4, -0.2) is 33.6 Å². The van der Waals surface area contributed by atoms with Crippen LogP contribution in [0.25, 0.3) is 17.0 Å². The number of hydrogen-bond donors (Lipinski definition) is 1. The number of nitriles is 1. The van der Waals surface area contributed by atoms with Crippen molar-refractivity contribution in [3.8, 4) is 6.07 Å². The fourth-order valence-corrected chi connectivity index (χ4v) is 5.19. The molecule has 0 atom stereocenters. The van der Waals surface area contributed by atoms with Gasteiger partial charge in [-0.2, -0.15) is 5.26 Å². The molecular formula is C28H21BrClF2N5O. The molecule has 10 heteroatoms. The highest BCUT2D eigenvalue weighted by molar-refractivity contribution is 9.10. The largest absolute Gasteiger partial charge is 0.333 e. The Labute approximate surface area is 231 Å². The topological polar surface area (TPSA) is 74.0 Å². The average molecular weight is 597 g/mol. The standard InChI is InChI=1S/C28H21BrClF2N5O/c29-22-13-23(31)19(12-24(22)32)2-1-8-36-9-6-25-21(16-36)20-4-3-17(14-33)10-26(20)37(25)28(38)35-15-18-5-7-34-27(30)11-18/h1-5,7,10-13H,6,8-9,15-16H2,(H,35,38)/b2-1+. The molecule has 5 rings (SSSR count). The number of pyridine rings is 1. The van der Waals surface area contributed by atoms with Crippen LogP contribution in [0.15, 0.2) is 59.2 Å². The molecule has 6 nitrogen and oxygen atoms in total. The highest BCUT2D eigenvalue weighted by Gasteiger charge is 2.26. The monoisotopic (exact) mass is 595 g/mol. The summed E-state index contributed by atoms with van der Waals surface area (Å²) in [5.74, 6) is -1.03. The molecule has 1 N–H and O–H groups in total. The fourth-order valence-electron chi connectivity index (χ4n) is 4.67. The van der Waals surface area contributed by atoms with E-state index in [0.29, 0.717) is 42.3 Å². The van der Waals surface area contributed by atoms with Crippen molar-refractivity contribution in [3.63, 3.8) is 0 Å². The van der Waals surface area contributed by atoms with Gasteiger partial charge in [-0.1, -0.05) is 29.8 Å². The van der Waals surface area contributed by atoms with Crippen molar-refractivity contribution in [1.82, 2.24) is 19.8 Å². The van der Waals surface area contributed by atoms with Crippen LogP contribution in [0, 0.1) is 23.0 Å². The van der Waals surface area contributed by atoms with Gasteiger partial charge in [-0.05, 0) is 63.5 Å². The maximum atomic E-state index is 14.2. The van der Waals surface area contributed by atoms with E-state index in [0.717, 1.165) is 34.3 Å². The van der Waals surface area contributed by atoms with E-state index in [1.807, 2.05) is 6.07 Å². The molecular weight excluding hydrogens is 576 g/mol. The number of amides is 1. The van der Waals surface area contributed by atoms with Gasteiger partial charge in [0.15, 0.2) is 0 Å². The zero-order valence-corrected chi connectivity index (χ0v) is 22.4. The summed E-state index contributed by atoms with van der Waals surface area (Å²) in [5.41, 5.74) is 4.03. The molecule has 0 saturated carbocycles. The maximum absolute atomic E-state index is 14.2. The molecule has 2 aromatic carbocycles. The first-order valence-electron chi connectivity index (χ1n) is 11.8. The fraction of sp³-hybridized carbons (Fsp3) is 0.179. The summed E-state index contributed by atoms with van der Waals surface area (Å²) >= 11 is 8.95. The molecule has 4 aromatic rings. The first kappa shape index (κ1) is 26.0. The molecule has 0 saturated heterocycles. The van der Waals surface area contributed by atoms with Crippen LogP contribution in [0.5, 0.6) is 0 Å². The van der Waals surface area contributed by atoms with Gasteiger partial charge in [0.2, 0.25) is 0 Å². The third-order valence-corrected chi connectivity index (χ3v) is 7.31. The smallest absolute Gasteiger partial charge is 0.326 e. The number of carbonyl (C=O) groups is 1. The number of fused-ring (bicyclic) bond motifs is 3. The summed E-state index contributed by atoms with van der Waals surface area (Å²) in [6, 6.07) is 12.9. The first-order valence-corrected chi connectivity index (χ1v) is 13.0. The third kappa shape index (κ3) is 5.34. The normalized spacial score (nSPS) is 13.6. The highest BCUT2D eigenvalue weighted by Crippen LogP contribution is 2.32. The van der Waals surface area contributed by atoms with Crippen LogP contribution < -0.4 is 5.32 Å². The van der Waals surface area contributed by atoms with Gasteiger partial charge < -0.3 is 5.32 Å². The Kier molecular flexibility index (Phi) is 7.56. The zero-order valence-electron chi connectivity index (χ0n) is 20.0. The quantitative estimate of drug-likeness (QED) is 0.213. The van der Waals surface area contributed by atoms with E-state index < -0.39 is 11.6 Å². The van der Waals surface area contributed by atoms with Crippen molar-refractivity contribution in [2.24, 2.45) is 0 Å². The predicted octanol–water partition coefficient (Wildman–Crippen LogP) is 6.43. The molecule has 0 fully saturated rings. The Balaban J connectivity index is 1.39. The molecule has 1 amide bonds. The van der Waals surface area contributed by atoms with Crippen LogP contribution >= 0.6 is 27.5 Å². The van der Waals surface area contributed by atoms with E-state index in [-0.39, 0.29) is 22.6 Å². The lowest BCUT2D eigenvalue weighted by Crippen LogP contribution is -2.34. The van der Waals surface area contributed by atoms with E-state index in [9.17, 15) is 18.8 Å². The number of rotatable bonds is 5. The van der Waals surface area contributed by atoms with Crippen LogP contribution in [0.3, 0.4) is 0 Å². The molecule has 0 spiro atoms. The van der Waals surface area contributed by atoms with Crippen LogP contribution in [0.4, 0.5) is 13.6 Å². The number of halogens is 4. The molecule has 3 heterocycles. The molecule has 0 unspecified atom stereocenters. The van der Waals surface area contributed by atoms with Crippen LogP contribution in [-0.2, 0) is 19.5 Å².